The third kappa shape index (κ3) is 8.98. The summed E-state index contributed by atoms with van der Waals surface area (Å²) in [5.41, 5.74) is -1.69. The lowest BCUT2D eigenvalue weighted by Gasteiger charge is -2.44. The van der Waals surface area contributed by atoms with Crippen LogP contribution < -0.4 is 21.3 Å². The zero-order valence-electron chi connectivity index (χ0n) is 33.1. The molecule has 5 rings (SSSR count). The molecule has 0 aromatic rings. The lowest BCUT2D eigenvalue weighted by atomic mass is 9.70. The molecule has 0 aromatic carbocycles. The molecule has 12 nitrogen and oxygen atoms in total. The predicted octanol–water partition coefficient (Wildman–Crippen LogP) is 4.36. The zero-order valence-corrected chi connectivity index (χ0v) is 33.9. The Morgan fingerprint density at radius 2 is 1.57 bits per heavy atom. The van der Waals surface area contributed by atoms with Crippen molar-refractivity contribution in [2.75, 3.05) is 18.8 Å². The average molecular weight is 762 g/mol. The SMILES string of the molecule is C=CCNC(O)C(=O)C(CC1CC1)NC(=O)[C@@H]1C2C(CN1C(=O)[C@@H](NC(=O)NC1(CS(=O)(=O)C(C)(C)CC)CCCCC1)C1(C)CCCCC1)C2(C)C. The first-order valence-corrected chi connectivity index (χ1v) is 21.9. The van der Waals surface area contributed by atoms with Crippen molar-refractivity contribution >= 4 is 33.5 Å². The van der Waals surface area contributed by atoms with Crippen LogP contribution in [0.15, 0.2) is 12.7 Å². The van der Waals surface area contributed by atoms with E-state index in [2.05, 4.69) is 41.7 Å². The van der Waals surface area contributed by atoms with Gasteiger partial charge in [-0.15, -0.1) is 6.58 Å². The first-order valence-electron chi connectivity index (χ1n) is 20.3. The van der Waals surface area contributed by atoms with E-state index in [1.807, 2.05) is 13.8 Å². The second kappa shape index (κ2) is 15.9. The highest BCUT2D eigenvalue weighted by molar-refractivity contribution is 7.92. The van der Waals surface area contributed by atoms with Gasteiger partial charge < -0.3 is 26.0 Å². The number of ketones is 1. The van der Waals surface area contributed by atoms with Crippen molar-refractivity contribution in [2.24, 2.45) is 28.6 Å². The number of carbonyl (C=O) groups excluding carboxylic acids is 4. The first-order chi connectivity index (χ1) is 24.8. The molecule has 4 aliphatic carbocycles. The Balaban J connectivity index is 1.40. The maximum atomic E-state index is 15.0. The summed E-state index contributed by atoms with van der Waals surface area (Å²) in [5, 5.41) is 22.5. The third-order valence-corrected chi connectivity index (χ3v) is 16.9. The van der Waals surface area contributed by atoms with Crippen molar-refractivity contribution in [3.8, 4) is 0 Å². The predicted molar refractivity (Wildman–Crippen MR) is 205 cm³/mol. The van der Waals surface area contributed by atoms with Gasteiger partial charge >= 0.3 is 6.03 Å². The van der Waals surface area contributed by atoms with E-state index in [4.69, 9.17) is 0 Å². The van der Waals surface area contributed by atoms with E-state index in [-0.39, 0.29) is 41.4 Å². The molecule has 1 saturated heterocycles. The normalized spacial score (nSPS) is 27.8. The number of Topliss-reactive ketones (excluding diaryl/α,β-unsaturated/α-hetero) is 1. The van der Waals surface area contributed by atoms with Crippen molar-refractivity contribution in [3.63, 3.8) is 0 Å². The maximum Gasteiger partial charge on any atom is 0.315 e. The van der Waals surface area contributed by atoms with Gasteiger partial charge in [0.25, 0.3) is 0 Å². The molecule has 5 fully saturated rings. The summed E-state index contributed by atoms with van der Waals surface area (Å²) in [7, 11) is -3.57. The monoisotopic (exact) mass is 761 g/mol. The van der Waals surface area contributed by atoms with E-state index in [0.29, 0.717) is 32.2 Å². The van der Waals surface area contributed by atoms with Crippen LogP contribution in [0.1, 0.15) is 131 Å². The number of urea groups is 1. The van der Waals surface area contributed by atoms with Crippen molar-refractivity contribution < 1.29 is 32.7 Å². The molecule has 1 heterocycles. The highest BCUT2D eigenvalue weighted by atomic mass is 32.2. The molecule has 13 heteroatoms. The fourth-order valence-corrected chi connectivity index (χ4v) is 11.5. The molecular weight excluding hydrogens is 695 g/mol. The van der Waals surface area contributed by atoms with Crippen molar-refractivity contribution in [1.82, 2.24) is 26.2 Å². The fourth-order valence-electron chi connectivity index (χ4n) is 9.56. The number of hydrogen-bond donors (Lipinski definition) is 5. The molecule has 6 atom stereocenters. The molecule has 4 saturated carbocycles. The molecule has 1 aliphatic heterocycles. The topological polar surface area (TPSA) is 174 Å². The van der Waals surface area contributed by atoms with Crippen molar-refractivity contribution in [2.45, 2.75) is 166 Å². The van der Waals surface area contributed by atoms with Gasteiger partial charge in [-0.1, -0.05) is 85.1 Å². The number of amides is 4. The van der Waals surface area contributed by atoms with Gasteiger partial charge in [0, 0.05) is 13.1 Å². The van der Waals surface area contributed by atoms with Gasteiger partial charge in [0.05, 0.1) is 22.1 Å². The Morgan fingerprint density at radius 1 is 0.962 bits per heavy atom. The van der Waals surface area contributed by atoms with Gasteiger partial charge in [0.15, 0.2) is 21.8 Å². The van der Waals surface area contributed by atoms with Crippen LogP contribution in [-0.4, -0.2) is 95.5 Å². The Hall–Kier alpha value is -2.51. The van der Waals surface area contributed by atoms with Crippen LogP contribution in [0.5, 0.6) is 0 Å². The minimum absolute atomic E-state index is 0.0888. The molecule has 53 heavy (non-hydrogen) atoms. The molecule has 0 aromatic heterocycles. The number of likely N-dealkylation sites (tertiary alicyclic amines) is 1. The first kappa shape index (κ1) is 41.6. The lowest BCUT2D eigenvalue weighted by molar-refractivity contribution is -0.145. The van der Waals surface area contributed by atoms with E-state index >= 15 is 0 Å². The fraction of sp³-hybridized carbons (Fsp3) is 0.850. The molecule has 300 valence electrons. The van der Waals surface area contributed by atoms with Crippen LogP contribution in [0.3, 0.4) is 0 Å². The zero-order chi connectivity index (χ0) is 39.0. The number of hydrogen-bond acceptors (Lipinski definition) is 8. The molecular formula is C40H67N5O7S. The Bertz CT molecular complexity index is 1500. The summed E-state index contributed by atoms with van der Waals surface area (Å²) in [6.07, 6.45) is 10.8. The van der Waals surface area contributed by atoms with Gasteiger partial charge in [-0.3, -0.25) is 19.7 Å². The minimum atomic E-state index is -3.57. The smallest absolute Gasteiger partial charge is 0.315 e. The number of fused-ring (bicyclic) bond motifs is 1. The number of aliphatic hydroxyl groups excluding tert-OH is 1. The van der Waals surface area contributed by atoms with Crippen LogP contribution in [0.4, 0.5) is 4.79 Å². The Kier molecular flexibility index (Phi) is 12.5. The summed E-state index contributed by atoms with van der Waals surface area (Å²) in [5.74, 6) is -1.13. The Labute approximate surface area is 317 Å². The summed E-state index contributed by atoms with van der Waals surface area (Å²) < 4.78 is 26.4. The van der Waals surface area contributed by atoms with Crippen LogP contribution >= 0.6 is 0 Å². The van der Waals surface area contributed by atoms with E-state index in [0.717, 1.165) is 64.2 Å². The van der Waals surface area contributed by atoms with Gasteiger partial charge in [0.2, 0.25) is 11.8 Å². The number of aliphatic hydroxyl groups is 1. The molecule has 5 aliphatic rings. The molecule has 0 bridgehead atoms. The number of carbonyl (C=O) groups is 4. The number of rotatable bonds is 17. The Morgan fingerprint density at radius 3 is 2.13 bits per heavy atom. The highest BCUT2D eigenvalue weighted by Gasteiger charge is 2.70. The largest absolute Gasteiger partial charge is 0.371 e. The molecule has 5 N–H and O–H groups in total. The standard InChI is InChI=1S/C40H67N5O7S/c1-8-22-41-34(48)31(46)28(23-26-16-17-26)42-33(47)30-29-27(38(29,5)6)24-45(30)35(49)32(39(7)18-12-10-13-19-39)43-36(50)44-40(20-14-11-15-21-40)25-53(51,52)37(3,4)9-2/h8,26-30,32,34,41,48H,1,9-25H2,2-7H3,(H,42,47)(H2,43,44,50)/t27?,28?,29?,30-,32+,34?/m0/s1. The van der Waals surface area contributed by atoms with Gasteiger partial charge in [-0.05, 0) is 81.0 Å². The third-order valence-electron chi connectivity index (χ3n) is 14.0. The quantitative estimate of drug-likeness (QED) is 0.107. The molecule has 4 amide bonds. The van der Waals surface area contributed by atoms with Gasteiger partial charge in [-0.2, -0.15) is 0 Å². The summed E-state index contributed by atoms with van der Waals surface area (Å²) in [6, 6.07) is -3.22. The second-order valence-electron chi connectivity index (χ2n) is 18.6. The molecule has 0 radical (unpaired) electrons. The van der Waals surface area contributed by atoms with E-state index < -0.39 is 67.6 Å². The number of sulfone groups is 1. The van der Waals surface area contributed by atoms with Crippen LogP contribution in [0.25, 0.3) is 0 Å². The molecule has 4 unspecified atom stereocenters. The lowest BCUT2D eigenvalue weighted by Crippen LogP contribution is -2.65. The number of piperidine rings is 1. The summed E-state index contributed by atoms with van der Waals surface area (Å²) in [4.78, 5) is 58.5. The number of nitrogens with one attached hydrogen (secondary N) is 4. The van der Waals surface area contributed by atoms with Gasteiger partial charge in [-0.25, -0.2) is 13.2 Å². The van der Waals surface area contributed by atoms with Crippen molar-refractivity contribution in [1.29, 1.82) is 0 Å². The van der Waals surface area contributed by atoms with E-state index in [1.165, 1.54) is 0 Å². The highest BCUT2D eigenvalue weighted by Crippen LogP contribution is 2.65. The average Bonchev–Trinajstić information content (AvgIpc) is 3.96. The summed E-state index contributed by atoms with van der Waals surface area (Å²) >= 11 is 0. The summed E-state index contributed by atoms with van der Waals surface area (Å²) in [6.45, 7) is 15.8. The maximum absolute atomic E-state index is 15.0. The van der Waals surface area contributed by atoms with E-state index in [9.17, 15) is 32.7 Å². The number of nitrogens with zero attached hydrogens (tertiary/aromatic N) is 1. The van der Waals surface area contributed by atoms with Crippen molar-refractivity contribution in [3.05, 3.63) is 12.7 Å². The van der Waals surface area contributed by atoms with Crippen LogP contribution in [0.2, 0.25) is 0 Å². The van der Waals surface area contributed by atoms with Crippen LogP contribution in [0, 0.1) is 28.6 Å². The van der Waals surface area contributed by atoms with E-state index in [1.54, 1.807) is 24.8 Å². The molecule has 0 spiro atoms. The van der Waals surface area contributed by atoms with Crippen LogP contribution in [-0.2, 0) is 24.2 Å². The van der Waals surface area contributed by atoms with Gasteiger partial charge in [0.1, 0.15) is 12.1 Å². The second-order valence-corrected chi connectivity index (χ2v) is 21.2. The minimum Gasteiger partial charge on any atom is -0.371 e.